The molecule has 2 amide bonds. The molecule has 2 fully saturated rings. The molecule has 0 bridgehead atoms. The van der Waals surface area contributed by atoms with Crippen molar-refractivity contribution < 1.29 is 14.3 Å². The number of hydrogen-bond acceptors (Lipinski definition) is 4. The van der Waals surface area contributed by atoms with E-state index < -0.39 is 0 Å². The van der Waals surface area contributed by atoms with E-state index in [-0.39, 0.29) is 24.0 Å². The van der Waals surface area contributed by atoms with Gasteiger partial charge >= 0.3 is 0 Å². The Morgan fingerprint density at radius 1 is 1.50 bits per heavy atom. The third-order valence-electron chi connectivity index (χ3n) is 3.92. The van der Waals surface area contributed by atoms with Crippen molar-refractivity contribution in [1.82, 2.24) is 15.5 Å². The van der Waals surface area contributed by atoms with Gasteiger partial charge in [-0.05, 0) is 25.7 Å². The van der Waals surface area contributed by atoms with Gasteiger partial charge in [0, 0.05) is 19.6 Å². The van der Waals surface area contributed by atoms with Crippen molar-refractivity contribution in [3.63, 3.8) is 0 Å². The molecule has 6 nitrogen and oxygen atoms in total. The number of rotatable bonds is 4. The van der Waals surface area contributed by atoms with Crippen LogP contribution < -0.4 is 10.6 Å². The Labute approximate surface area is 120 Å². The summed E-state index contributed by atoms with van der Waals surface area (Å²) in [7, 11) is 0. The Morgan fingerprint density at radius 2 is 2.35 bits per heavy atom. The van der Waals surface area contributed by atoms with Gasteiger partial charge in [0.15, 0.2) is 0 Å². The number of nitrogens with one attached hydrogen (secondary N) is 2. The molecule has 0 aromatic carbocycles. The van der Waals surface area contributed by atoms with E-state index in [0.29, 0.717) is 19.7 Å². The average Bonchev–Trinajstić information content (AvgIpc) is 2.64. The van der Waals surface area contributed by atoms with E-state index in [1.807, 2.05) is 0 Å². The number of ether oxygens (including phenoxy) is 1. The minimum atomic E-state index is -0.368. The molecule has 114 valence electrons. The van der Waals surface area contributed by atoms with E-state index in [4.69, 9.17) is 4.74 Å². The minimum absolute atomic E-state index is 0.0516. The first-order valence-electron chi connectivity index (χ1n) is 7.60. The van der Waals surface area contributed by atoms with Crippen LogP contribution in [0, 0.1) is 0 Å². The second kappa shape index (κ2) is 7.59. The molecule has 0 aromatic rings. The van der Waals surface area contributed by atoms with Crippen LogP contribution in [0.25, 0.3) is 0 Å². The summed E-state index contributed by atoms with van der Waals surface area (Å²) >= 11 is 0. The number of carbonyl (C=O) groups excluding carboxylic acids is 2. The van der Waals surface area contributed by atoms with Gasteiger partial charge in [-0.15, -0.1) is 0 Å². The van der Waals surface area contributed by atoms with Gasteiger partial charge < -0.3 is 15.4 Å². The lowest BCUT2D eigenvalue weighted by atomic mass is 10.1. The highest BCUT2D eigenvalue weighted by Gasteiger charge is 2.25. The second-order valence-corrected chi connectivity index (χ2v) is 5.54. The number of morpholine rings is 1. The van der Waals surface area contributed by atoms with E-state index in [9.17, 15) is 9.59 Å². The van der Waals surface area contributed by atoms with Crippen LogP contribution in [-0.4, -0.2) is 61.6 Å². The van der Waals surface area contributed by atoms with Crippen LogP contribution in [0.5, 0.6) is 0 Å². The summed E-state index contributed by atoms with van der Waals surface area (Å²) in [5, 5.41) is 5.69. The molecule has 2 aliphatic heterocycles. The molecule has 0 radical (unpaired) electrons. The summed E-state index contributed by atoms with van der Waals surface area (Å²) in [5.41, 5.74) is 0. The fourth-order valence-electron chi connectivity index (χ4n) is 2.69. The van der Waals surface area contributed by atoms with Crippen molar-refractivity contribution >= 4 is 11.8 Å². The Balaban J connectivity index is 1.77. The van der Waals surface area contributed by atoms with Gasteiger partial charge in [0.25, 0.3) is 0 Å². The third-order valence-corrected chi connectivity index (χ3v) is 3.92. The Hall–Kier alpha value is -1.14. The van der Waals surface area contributed by atoms with Gasteiger partial charge in [-0.3, -0.25) is 14.5 Å². The Kier molecular flexibility index (Phi) is 5.79. The summed E-state index contributed by atoms with van der Waals surface area (Å²) in [6.07, 6.45) is 3.87. The van der Waals surface area contributed by atoms with Gasteiger partial charge in [-0.25, -0.2) is 0 Å². The highest BCUT2D eigenvalue weighted by molar-refractivity contribution is 5.88. The molecule has 2 N–H and O–H groups in total. The van der Waals surface area contributed by atoms with Gasteiger partial charge in [0.1, 0.15) is 6.04 Å². The average molecular weight is 283 g/mol. The molecule has 0 unspecified atom stereocenters. The maximum absolute atomic E-state index is 12.1. The second-order valence-electron chi connectivity index (χ2n) is 5.54. The fraction of sp³-hybridized carbons (Fsp3) is 0.857. The summed E-state index contributed by atoms with van der Waals surface area (Å²) < 4.78 is 5.58. The molecule has 2 saturated heterocycles. The standard InChI is InChI=1S/C14H25N3O3/c1-2-11-9-17(7-8-20-11)10-13(18)16-12-5-3-4-6-15-14(12)19/h11-12H,2-10H2,1H3,(H,15,19)(H,16,18)/t11-,12+/m0/s1. The normalized spacial score (nSPS) is 28.6. The van der Waals surface area contributed by atoms with Crippen molar-refractivity contribution in [2.75, 3.05) is 32.8 Å². The molecule has 0 spiro atoms. The van der Waals surface area contributed by atoms with E-state index in [0.717, 1.165) is 38.8 Å². The van der Waals surface area contributed by atoms with Gasteiger partial charge in [0.2, 0.25) is 11.8 Å². The number of hydrogen-bond donors (Lipinski definition) is 2. The minimum Gasteiger partial charge on any atom is -0.376 e. The molecule has 0 saturated carbocycles. The predicted molar refractivity (Wildman–Crippen MR) is 75.3 cm³/mol. The molecule has 2 heterocycles. The molecule has 20 heavy (non-hydrogen) atoms. The van der Waals surface area contributed by atoms with Crippen LogP contribution in [0.4, 0.5) is 0 Å². The van der Waals surface area contributed by atoms with Crippen LogP contribution in [0.3, 0.4) is 0 Å². The predicted octanol–water partition coefficient (Wildman–Crippen LogP) is -0.118. The number of carbonyl (C=O) groups is 2. The van der Waals surface area contributed by atoms with Crippen molar-refractivity contribution in [2.45, 2.75) is 44.8 Å². The zero-order chi connectivity index (χ0) is 14.4. The molecule has 0 aromatic heterocycles. The summed E-state index contributed by atoms with van der Waals surface area (Å²) in [4.78, 5) is 25.9. The lowest BCUT2D eigenvalue weighted by molar-refractivity contribution is -0.130. The van der Waals surface area contributed by atoms with E-state index in [2.05, 4.69) is 22.5 Å². The van der Waals surface area contributed by atoms with Crippen LogP contribution in [0.15, 0.2) is 0 Å². The number of amides is 2. The summed E-state index contributed by atoms with van der Waals surface area (Å²) in [6.45, 7) is 5.40. The molecule has 0 aliphatic carbocycles. The van der Waals surface area contributed by atoms with Crippen molar-refractivity contribution in [3.05, 3.63) is 0 Å². The van der Waals surface area contributed by atoms with Crippen molar-refractivity contribution in [3.8, 4) is 0 Å². The van der Waals surface area contributed by atoms with Crippen molar-refractivity contribution in [2.24, 2.45) is 0 Å². The maximum Gasteiger partial charge on any atom is 0.242 e. The first kappa shape index (κ1) is 15.3. The lowest BCUT2D eigenvalue weighted by Crippen LogP contribution is -2.51. The zero-order valence-corrected chi connectivity index (χ0v) is 12.2. The summed E-state index contributed by atoms with van der Waals surface area (Å²) in [6, 6.07) is -0.368. The highest BCUT2D eigenvalue weighted by Crippen LogP contribution is 2.08. The molecule has 6 heteroatoms. The zero-order valence-electron chi connectivity index (χ0n) is 12.2. The van der Waals surface area contributed by atoms with Crippen molar-refractivity contribution in [1.29, 1.82) is 0 Å². The molecule has 2 aliphatic rings. The highest BCUT2D eigenvalue weighted by atomic mass is 16.5. The number of nitrogens with zero attached hydrogens (tertiary/aromatic N) is 1. The van der Waals surface area contributed by atoms with Gasteiger partial charge in [-0.1, -0.05) is 6.92 Å². The maximum atomic E-state index is 12.1. The Morgan fingerprint density at radius 3 is 3.15 bits per heavy atom. The Bertz CT molecular complexity index is 349. The van der Waals surface area contributed by atoms with E-state index in [1.165, 1.54) is 0 Å². The van der Waals surface area contributed by atoms with E-state index in [1.54, 1.807) is 0 Å². The smallest absolute Gasteiger partial charge is 0.242 e. The van der Waals surface area contributed by atoms with Crippen LogP contribution >= 0.6 is 0 Å². The van der Waals surface area contributed by atoms with Crippen LogP contribution in [-0.2, 0) is 14.3 Å². The first-order chi connectivity index (χ1) is 9.69. The lowest BCUT2D eigenvalue weighted by Gasteiger charge is -2.32. The van der Waals surface area contributed by atoms with Gasteiger partial charge in [0.05, 0.1) is 19.3 Å². The molecular formula is C14H25N3O3. The third kappa shape index (κ3) is 4.45. The first-order valence-corrected chi connectivity index (χ1v) is 7.60. The molecular weight excluding hydrogens is 258 g/mol. The van der Waals surface area contributed by atoms with Gasteiger partial charge in [-0.2, -0.15) is 0 Å². The largest absolute Gasteiger partial charge is 0.376 e. The molecule has 2 atom stereocenters. The molecule has 2 rings (SSSR count). The monoisotopic (exact) mass is 283 g/mol. The summed E-state index contributed by atoms with van der Waals surface area (Å²) in [5.74, 6) is -0.118. The fourth-order valence-corrected chi connectivity index (χ4v) is 2.69. The SMILES string of the molecule is CC[C@H]1CN(CC(=O)N[C@@H]2CCCCNC2=O)CCO1. The topological polar surface area (TPSA) is 70.7 Å². The van der Waals surface area contributed by atoms with E-state index >= 15 is 0 Å². The van der Waals surface area contributed by atoms with Crippen LogP contribution in [0.2, 0.25) is 0 Å². The van der Waals surface area contributed by atoms with Crippen LogP contribution in [0.1, 0.15) is 32.6 Å². The quantitative estimate of drug-likeness (QED) is 0.755.